The Balaban J connectivity index is 2.28. The molecule has 0 aromatic heterocycles. The smallest absolute Gasteiger partial charge is 0.0710 e. The Bertz CT molecular complexity index is 946. The molecule has 146 valence electrons. The summed E-state index contributed by atoms with van der Waals surface area (Å²) < 4.78 is 0. The van der Waals surface area contributed by atoms with Gasteiger partial charge in [0.2, 0.25) is 0 Å². The molecule has 0 nitrogen and oxygen atoms in total. The van der Waals surface area contributed by atoms with Gasteiger partial charge in [-0.3, -0.25) is 0 Å². The van der Waals surface area contributed by atoms with Crippen molar-refractivity contribution in [1.29, 1.82) is 0 Å². The van der Waals surface area contributed by atoms with Crippen LogP contribution in [-0.2, 0) is 0 Å². The normalized spacial score (nSPS) is 22.0. The van der Waals surface area contributed by atoms with Gasteiger partial charge in [-0.15, -0.1) is 0 Å². The third kappa shape index (κ3) is 3.75. The van der Waals surface area contributed by atoms with Crippen LogP contribution in [0.4, 0.5) is 0 Å². The van der Waals surface area contributed by atoms with Gasteiger partial charge in [0.05, 0.1) is 16.1 Å². The maximum absolute atomic E-state index is 2.62. The predicted octanol–water partition coefficient (Wildman–Crippen LogP) is 5.43. The molecule has 2 aliphatic carbocycles. The molecule has 2 aliphatic rings. The van der Waals surface area contributed by atoms with Gasteiger partial charge in [-0.2, -0.15) is 0 Å². The molecular formula is C25H38Si2. The van der Waals surface area contributed by atoms with E-state index in [9.17, 15) is 0 Å². The summed E-state index contributed by atoms with van der Waals surface area (Å²) in [6.07, 6.45) is 11.5. The molecule has 27 heavy (non-hydrogen) atoms. The van der Waals surface area contributed by atoms with Crippen molar-refractivity contribution >= 4 is 33.0 Å². The van der Waals surface area contributed by atoms with E-state index in [1.165, 1.54) is 46.4 Å². The minimum Gasteiger partial charge on any atom is -0.0710 e. The Morgan fingerprint density at radius 1 is 0.926 bits per heavy atom. The summed E-state index contributed by atoms with van der Waals surface area (Å²) in [6.45, 7) is 22.1. The lowest BCUT2D eigenvalue weighted by Gasteiger charge is -2.40. The number of allylic oxidation sites excluding steroid dienone is 4. The maximum atomic E-state index is 2.62. The van der Waals surface area contributed by atoms with E-state index in [0.717, 1.165) is 0 Å². The minimum atomic E-state index is -1.39. The summed E-state index contributed by atoms with van der Waals surface area (Å²) in [7, 11) is -2.73. The molecule has 1 unspecified atom stereocenters. The molecule has 0 radical (unpaired) electrons. The summed E-state index contributed by atoms with van der Waals surface area (Å²) in [5, 5.41) is 6.27. The van der Waals surface area contributed by atoms with E-state index in [1.54, 1.807) is 10.4 Å². The van der Waals surface area contributed by atoms with Crippen LogP contribution in [0.2, 0.25) is 39.3 Å². The van der Waals surface area contributed by atoms with Gasteiger partial charge in [0.1, 0.15) is 0 Å². The summed E-state index contributed by atoms with van der Waals surface area (Å²) in [5.41, 5.74) is 4.68. The largest absolute Gasteiger partial charge is 0.0779 e. The van der Waals surface area contributed by atoms with Crippen LogP contribution in [0.15, 0.2) is 35.1 Å². The van der Waals surface area contributed by atoms with Crippen LogP contribution in [-0.4, -0.2) is 16.1 Å². The fraction of sp³-hybridized carbons (Fsp3) is 0.520. The second-order valence-electron chi connectivity index (χ2n) is 11.0. The van der Waals surface area contributed by atoms with Gasteiger partial charge in [0.25, 0.3) is 0 Å². The van der Waals surface area contributed by atoms with E-state index in [0.29, 0.717) is 0 Å². The number of aryl methyl sites for hydroxylation is 1. The topological polar surface area (TPSA) is 0 Å². The standard InChI is InChI=1S/C25H38Si2/c1-10-11-12-25(3)17-20-14-19-13-18(2)23(26(4,5)6)15-21(19)22(20)16-24(25)27(7,8)9/h13-17H,10-12H2,1-9H3. The number of rotatable bonds is 5. The lowest BCUT2D eigenvalue weighted by atomic mass is 9.78. The van der Waals surface area contributed by atoms with Crippen molar-refractivity contribution in [1.82, 2.24) is 0 Å². The molecule has 2 heteroatoms. The van der Waals surface area contributed by atoms with Gasteiger partial charge in [-0.1, -0.05) is 106 Å². The van der Waals surface area contributed by atoms with Gasteiger partial charge >= 0.3 is 0 Å². The van der Waals surface area contributed by atoms with Gasteiger partial charge in [0, 0.05) is 5.41 Å². The van der Waals surface area contributed by atoms with Crippen LogP contribution in [0.1, 0.15) is 38.7 Å². The fourth-order valence-corrected chi connectivity index (χ4v) is 9.45. The van der Waals surface area contributed by atoms with E-state index in [2.05, 4.69) is 90.4 Å². The van der Waals surface area contributed by atoms with Crippen molar-refractivity contribution in [3.63, 3.8) is 0 Å². The van der Waals surface area contributed by atoms with E-state index in [1.807, 2.05) is 0 Å². The molecule has 1 atom stereocenters. The van der Waals surface area contributed by atoms with E-state index < -0.39 is 16.1 Å². The third-order valence-corrected chi connectivity index (χ3v) is 10.8. The first-order chi connectivity index (χ1) is 12.4. The molecule has 0 bridgehead atoms. The second-order valence-corrected chi connectivity index (χ2v) is 21.1. The lowest BCUT2D eigenvalue weighted by molar-refractivity contribution is 0.458. The summed E-state index contributed by atoms with van der Waals surface area (Å²) in [5.74, 6) is 0. The average molecular weight is 395 g/mol. The minimum absolute atomic E-state index is 0.231. The van der Waals surface area contributed by atoms with Crippen molar-refractivity contribution in [3.05, 3.63) is 51.1 Å². The first-order valence-corrected chi connectivity index (χ1v) is 17.7. The Hall–Kier alpha value is -1.13. The van der Waals surface area contributed by atoms with Crippen LogP contribution < -0.4 is 15.6 Å². The molecule has 3 rings (SSSR count). The van der Waals surface area contributed by atoms with E-state index in [4.69, 9.17) is 0 Å². The zero-order valence-electron chi connectivity index (χ0n) is 19.0. The summed E-state index contributed by atoms with van der Waals surface area (Å²) in [4.78, 5) is 0. The van der Waals surface area contributed by atoms with Crippen molar-refractivity contribution in [2.24, 2.45) is 5.41 Å². The Morgan fingerprint density at radius 2 is 1.59 bits per heavy atom. The number of fused-ring (bicyclic) bond motifs is 2. The number of hydrogen-bond donors (Lipinski definition) is 0. The Kier molecular flexibility index (Phi) is 5.14. The SMILES string of the molecule is CCCCC1(C)C=C2C=c3cc(C)c([Si](C)(C)C)cc3=C2C=C1[Si](C)(C)C. The predicted molar refractivity (Wildman–Crippen MR) is 128 cm³/mol. The molecule has 0 aliphatic heterocycles. The van der Waals surface area contributed by atoms with Crippen LogP contribution in [0.5, 0.6) is 0 Å². The molecular weight excluding hydrogens is 356 g/mol. The van der Waals surface area contributed by atoms with Crippen LogP contribution in [0.25, 0.3) is 11.6 Å². The van der Waals surface area contributed by atoms with Gasteiger partial charge in [0.15, 0.2) is 0 Å². The van der Waals surface area contributed by atoms with Crippen LogP contribution in [0, 0.1) is 12.3 Å². The Labute approximate surface area is 168 Å². The quantitative estimate of drug-likeness (QED) is 0.585. The highest BCUT2D eigenvalue weighted by molar-refractivity contribution is 6.89. The number of benzene rings is 1. The Morgan fingerprint density at radius 3 is 2.15 bits per heavy atom. The van der Waals surface area contributed by atoms with E-state index >= 15 is 0 Å². The highest BCUT2D eigenvalue weighted by atomic mass is 28.3. The molecule has 0 heterocycles. The molecule has 0 fully saturated rings. The summed E-state index contributed by atoms with van der Waals surface area (Å²) >= 11 is 0. The molecule has 1 aromatic carbocycles. The molecule has 0 saturated carbocycles. The van der Waals surface area contributed by atoms with Crippen molar-refractivity contribution < 1.29 is 0 Å². The molecule has 0 saturated heterocycles. The number of unbranched alkanes of at least 4 members (excludes halogenated alkanes) is 1. The van der Waals surface area contributed by atoms with Crippen molar-refractivity contribution in [2.75, 3.05) is 0 Å². The zero-order chi connectivity index (χ0) is 20.2. The van der Waals surface area contributed by atoms with Crippen molar-refractivity contribution in [2.45, 2.75) is 79.3 Å². The van der Waals surface area contributed by atoms with E-state index in [-0.39, 0.29) is 5.41 Å². The average Bonchev–Trinajstić information content (AvgIpc) is 2.84. The highest BCUT2D eigenvalue weighted by Gasteiger charge is 2.38. The third-order valence-electron chi connectivity index (χ3n) is 6.35. The van der Waals surface area contributed by atoms with Gasteiger partial charge < -0.3 is 0 Å². The van der Waals surface area contributed by atoms with Crippen LogP contribution >= 0.6 is 0 Å². The summed E-state index contributed by atoms with van der Waals surface area (Å²) in [6, 6.07) is 4.98. The van der Waals surface area contributed by atoms with Crippen LogP contribution in [0.3, 0.4) is 0 Å². The molecule has 0 spiro atoms. The lowest BCUT2D eigenvalue weighted by Crippen LogP contribution is -2.44. The maximum Gasteiger partial charge on any atom is 0.0779 e. The first kappa shape index (κ1) is 20.6. The fourth-order valence-electron chi connectivity index (χ4n) is 5.13. The van der Waals surface area contributed by atoms with Gasteiger partial charge in [-0.05, 0) is 41.0 Å². The number of hydrogen-bond acceptors (Lipinski definition) is 0. The molecule has 0 N–H and O–H groups in total. The zero-order valence-corrected chi connectivity index (χ0v) is 21.0. The highest BCUT2D eigenvalue weighted by Crippen LogP contribution is 2.46. The van der Waals surface area contributed by atoms with Crippen molar-refractivity contribution in [3.8, 4) is 0 Å². The second kappa shape index (κ2) is 6.74. The monoisotopic (exact) mass is 394 g/mol. The molecule has 0 amide bonds. The van der Waals surface area contributed by atoms with Gasteiger partial charge in [-0.25, -0.2) is 0 Å². The molecule has 1 aromatic rings. The first-order valence-electron chi connectivity index (χ1n) is 10.7.